The van der Waals surface area contributed by atoms with E-state index >= 15 is 0 Å². The number of piperidine rings is 1. The molecule has 1 aromatic carbocycles. The summed E-state index contributed by atoms with van der Waals surface area (Å²) in [5.74, 6) is -0.671. The van der Waals surface area contributed by atoms with Crippen LogP contribution in [0.25, 0.3) is 0 Å². The summed E-state index contributed by atoms with van der Waals surface area (Å²) in [6.07, 6.45) is 3.75. The first-order valence-electron chi connectivity index (χ1n) is 7.19. The number of hydrogen-bond acceptors (Lipinski definition) is 5. The molecule has 0 saturated carbocycles. The van der Waals surface area contributed by atoms with E-state index in [-0.39, 0.29) is 17.3 Å². The average molecular weight is 304 g/mol. The van der Waals surface area contributed by atoms with Gasteiger partial charge < -0.3 is 11.1 Å². The van der Waals surface area contributed by atoms with Gasteiger partial charge >= 0.3 is 0 Å². The molecule has 1 heterocycles. The molecule has 0 spiro atoms. The zero-order chi connectivity index (χ0) is 16.1. The normalized spacial score (nSPS) is 16.2. The molecule has 1 aliphatic heterocycles. The van der Waals surface area contributed by atoms with Crippen LogP contribution < -0.4 is 11.1 Å². The molecule has 1 aliphatic rings. The minimum absolute atomic E-state index is 0.139. The number of primary amides is 1. The average Bonchev–Trinajstić information content (AvgIpc) is 2.49. The van der Waals surface area contributed by atoms with Crippen LogP contribution >= 0.6 is 0 Å². The van der Waals surface area contributed by atoms with Crippen LogP contribution in [0.4, 0.5) is 11.4 Å². The summed E-state index contributed by atoms with van der Waals surface area (Å²) >= 11 is 0. The number of nitrogens with zero attached hydrogens (tertiary/aromatic N) is 2. The smallest absolute Gasteiger partial charge is 0.270 e. The highest BCUT2D eigenvalue weighted by Crippen LogP contribution is 2.24. The topological polar surface area (TPSA) is 102 Å². The molecule has 7 nitrogen and oxygen atoms in total. The van der Waals surface area contributed by atoms with E-state index < -0.39 is 10.8 Å². The molecule has 118 valence electrons. The van der Waals surface area contributed by atoms with Crippen LogP contribution in [0, 0.1) is 10.1 Å². The van der Waals surface area contributed by atoms with E-state index in [1.807, 2.05) is 6.08 Å². The molecule has 3 N–H and O–H groups in total. The van der Waals surface area contributed by atoms with E-state index in [1.165, 1.54) is 12.1 Å². The van der Waals surface area contributed by atoms with Crippen molar-refractivity contribution in [3.05, 3.63) is 46.5 Å². The second-order valence-electron chi connectivity index (χ2n) is 5.36. The number of carbonyl (C=O) groups is 1. The van der Waals surface area contributed by atoms with E-state index in [1.54, 1.807) is 6.07 Å². The Balaban J connectivity index is 2.08. The van der Waals surface area contributed by atoms with Crippen molar-refractivity contribution in [1.29, 1.82) is 0 Å². The number of benzene rings is 1. The van der Waals surface area contributed by atoms with Crippen molar-refractivity contribution in [2.75, 3.05) is 25.0 Å². The molecular weight excluding hydrogens is 284 g/mol. The van der Waals surface area contributed by atoms with Gasteiger partial charge in [0.1, 0.15) is 0 Å². The van der Waals surface area contributed by atoms with Crippen molar-refractivity contribution in [1.82, 2.24) is 4.90 Å². The van der Waals surface area contributed by atoms with Crippen LogP contribution in [-0.4, -0.2) is 41.4 Å². The Hall–Kier alpha value is -2.41. The predicted molar refractivity (Wildman–Crippen MR) is 84.9 cm³/mol. The molecule has 0 bridgehead atoms. The van der Waals surface area contributed by atoms with Gasteiger partial charge in [-0.1, -0.05) is 6.08 Å². The summed E-state index contributed by atoms with van der Waals surface area (Å²) < 4.78 is 0. The van der Waals surface area contributed by atoms with Gasteiger partial charge in [0.25, 0.3) is 11.6 Å². The summed E-state index contributed by atoms with van der Waals surface area (Å²) in [6, 6.07) is 4.37. The van der Waals surface area contributed by atoms with Crippen molar-refractivity contribution in [3.8, 4) is 0 Å². The van der Waals surface area contributed by atoms with Gasteiger partial charge in [-0.3, -0.25) is 19.8 Å². The summed E-state index contributed by atoms with van der Waals surface area (Å²) in [5.41, 5.74) is 5.90. The fourth-order valence-electron chi connectivity index (χ4n) is 2.64. The minimum Gasteiger partial charge on any atom is -0.382 e. The number of nitro benzene ring substituents is 1. The number of anilines is 1. The molecule has 22 heavy (non-hydrogen) atoms. The molecule has 0 radical (unpaired) electrons. The number of nitrogens with two attached hydrogens (primary N) is 1. The Morgan fingerprint density at radius 1 is 1.50 bits per heavy atom. The molecule has 7 heteroatoms. The van der Waals surface area contributed by atoms with Crippen molar-refractivity contribution in [2.45, 2.75) is 18.9 Å². The standard InChI is InChI=1S/C15H20N4O3/c1-2-7-18-8-5-11(6-9-18)17-14-4-3-12(19(21)22)10-13(14)15(16)20/h2-4,10-11,17H,1,5-9H2,(H2,16,20). The summed E-state index contributed by atoms with van der Waals surface area (Å²) in [6.45, 7) is 6.50. The third-order valence-electron chi connectivity index (χ3n) is 3.81. The third-order valence-corrected chi connectivity index (χ3v) is 3.81. The van der Waals surface area contributed by atoms with Gasteiger partial charge in [-0.15, -0.1) is 6.58 Å². The molecular formula is C15H20N4O3. The van der Waals surface area contributed by atoms with Crippen LogP contribution in [0.15, 0.2) is 30.9 Å². The molecule has 2 rings (SSSR count). The number of carbonyl (C=O) groups excluding carboxylic acids is 1. The molecule has 0 aliphatic carbocycles. The Morgan fingerprint density at radius 2 is 2.18 bits per heavy atom. The highest BCUT2D eigenvalue weighted by Gasteiger charge is 2.21. The number of rotatable bonds is 6. The molecule has 0 aromatic heterocycles. The molecule has 1 aromatic rings. The van der Waals surface area contributed by atoms with Crippen molar-refractivity contribution in [2.24, 2.45) is 5.73 Å². The van der Waals surface area contributed by atoms with Crippen LogP contribution in [0.1, 0.15) is 23.2 Å². The zero-order valence-corrected chi connectivity index (χ0v) is 12.3. The number of nitrogens with one attached hydrogen (secondary N) is 1. The highest BCUT2D eigenvalue weighted by molar-refractivity contribution is 5.99. The second kappa shape index (κ2) is 7.04. The maximum atomic E-state index is 11.5. The Kier molecular flexibility index (Phi) is 5.11. The molecule has 1 fully saturated rings. The van der Waals surface area contributed by atoms with E-state index in [4.69, 9.17) is 5.73 Å². The van der Waals surface area contributed by atoms with Gasteiger partial charge in [0.15, 0.2) is 0 Å². The maximum Gasteiger partial charge on any atom is 0.270 e. The SMILES string of the molecule is C=CCN1CCC(Nc2ccc([N+](=O)[O-])cc2C(N)=O)CC1. The van der Waals surface area contributed by atoms with Gasteiger partial charge in [0.2, 0.25) is 0 Å². The number of likely N-dealkylation sites (tertiary alicyclic amines) is 1. The van der Waals surface area contributed by atoms with Crippen LogP contribution in [0.2, 0.25) is 0 Å². The van der Waals surface area contributed by atoms with Gasteiger partial charge in [-0.25, -0.2) is 0 Å². The fraction of sp³-hybridized carbons (Fsp3) is 0.400. The molecule has 1 saturated heterocycles. The van der Waals surface area contributed by atoms with E-state index in [2.05, 4.69) is 16.8 Å². The molecule has 1 amide bonds. The lowest BCUT2D eigenvalue weighted by molar-refractivity contribution is -0.384. The second-order valence-corrected chi connectivity index (χ2v) is 5.36. The largest absolute Gasteiger partial charge is 0.382 e. The number of hydrogen-bond donors (Lipinski definition) is 2. The first-order chi connectivity index (χ1) is 10.5. The van der Waals surface area contributed by atoms with Gasteiger partial charge in [0.05, 0.1) is 10.5 Å². The number of nitro groups is 1. The summed E-state index contributed by atoms with van der Waals surface area (Å²) in [7, 11) is 0. The van der Waals surface area contributed by atoms with E-state index in [0.717, 1.165) is 32.5 Å². The predicted octanol–water partition coefficient (Wildman–Crippen LogP) is 1.76. The summed E-state index contributed by atoms with van der Waals surface area (Å²) in [5, 5.41) is 14.1. The lowest BCUT2D eigenvalue weighted by atomic mass is 10.0. The summed E-state index contributed by atoms with van der Waals surface area (Å²) in [4.78, 5) is 24.1. The van der Waals surface area contributed by atoms with Gasteiger partial charge in [-0.2, -0.15) is 0 Å². The van der Waals surface area contributed by atoms with Gasteiger partial charge in [0, 0.05) is 43.5 Å². The Bertz CT molecular complexity index is 580. The van der Waals surface area contributed by atoms with E-state index in [0.29, 0.717) is 5.69 Å². The molecule has 0 unspecified atom stereocenters. The van der Waals surface area contributed by atoms with Crippen LogP contribution in [-0.2, 0) is 0 Å². The fourth-order valence-corrected chi connectivity index (χ4v) is 2.64. The highest BCUT2D eigenvalue weighted by atomic mass is 16.6. The number of non-ortho nitro benzene ring substituents is 1. The van der Waals surface area contributed by atoms with Crippen molar-refractivity contribution >= 4 is 17.3 Å². The first-order valence-corrected chi connectivity index (χ1v) is 7.19. The minimum atomic E-state index is -0.671. The lowest BCUT2D eigenvalue weighted by Gasteiger charge is -2.32. The third kappa shape index (κ3) is 3.82. The number of amides is 1. The quantitative estimate of drug-likeness (QED) is 0.473. The van der Waals surface area contributed by atoms with E-state index in [9.17, 15) is 14.9 Å². The Morgan fingerprint density at radius 3 is 2.73 bits per heavy atom. The zero-order valence-electron chi connectivity index (χ0n) is 12.3. The van der Waals surface area contributed by atoms with Gasteiger partial charge in [-0.05, 0) is 18.9 Å². The van der Waals surface area contributed by atoms with Crippen molar-refractivity contribution in [3.63, 3.8) is 0 Å². The first kappa shape index (κ1) is 16.0. The van der Waals surface area contributed by atoms with Crippen LogP contribution in [0.3, 0.4) is 0 Å². The molecule has 0 atom stereocenters. The Labute approximate surface area is 128 Å². The van der Waals surface area contributed by atoms with Crippen LogP contribution in [0.5, 0.6) is 0 Å². The monoisotopic (exact) mass is 304 g/mol. The maximum absolute atomic E-state index is 11.5. The van der Waals surface area contributed by atoms with Crippen molar-refractivity contribution < 1.29 is 9.72 Å². The lowest BCUT2D eigenvalue weighted by Crippen LogP contribution is -2.39.